The highest BCUT2D eigenvalue weighted by Crippen LogP contribution is 2.39. The molecule has 0 N–H and O–H groups in total. The Balaban J connectivity index is 1.89. The van der Waals surface area contributed by atoms with Gasteiger partial charge >= 0.3 is 0 Å². The summed E-state index contributed by atoms with van der Waals surface area (Å²) < 4.78 is 20.5. The van der Waals surface area contributed by atoms with Gasteiger partial charge in [-0.25, -0.2) is 4.39 Å². The average Bonchev–Trinajstić information content (AvgIpc) is 2.95. The van der Waals surface area contributed by atoms with Crippen molar-refractivity contribution in [3.05, 3.63) is 81.5 Å². The lowest BCUT2D eigenvalue weighted by Gasteiger charge is -2.26. The fraction of sp³-hybridized carbons (Fsp3) is 0.273. The first-order valence-corrected chi connectivity index (χ1v) is 9.25. The largest absolute Gasteiger partial charge is 0.450 e. The molecule has 0 aliphatic carbocycles. The van der Waals surface area contributed by atoms with Crippen LogP contribution in [0.25, 0.3) is 11.0 Å². The van der Waals surface area contributed by atoms with Gasteiger partial charge in [0.2, 0.25) is 5.76 Å². The van der Waals surface area contributed by atoms with Gasteiger partial charge in [0.25, 0.3) is 5.91 Å². The van der Waals surface area contributed by atoms with Crippen molar-refractivity contribution in [2.75, 3.05) is 27.2 Å². The van der Waals surface area contributed by atoms with Crippen LogP contribution in [0.5, 0.6) is 0 Å². The Hall–Kier alpha value is -2.99. The maximum absolute atomic E-state index is 14.7. The van der Waals surface area contributed by atoms with Crippen LogP contribution < -0.4 is 5.43 Å². The molecule has 0 unspecified atom stereocenters. The van der Waals surface area contributed by atoms with E-state index in [1.165, 1.54) is 6.07 Å². The molecule has 0 spiro atoms. The summed E-state index contributed by atoms with van der Waals surface area (Å²) in [6.07, 6.45) is 0.700. The molecular formula is C22H21FN2O3. The maximum Gasteiger partial charge on any atom is 0.290 e. The number of halogens is 1. The van der Waals surface area contributed by atoms with Gasteiger partial charge in [0.15, 0.2) is 5.43 Å². The van der Waals surface area contributed by atoms with E-state index in [1.807, 2.05) is 19.0 Å². The van der Waals surface area contributed by atoms with Gasteiger partial charge in [-0.05, 0) is 45.3 Å². The molecule has 5 nitrogen and oxygen atoms in total. The number of benzene rings is 2. The Kier molecular flexibility index (Phi) is 4.73. The second-order valence-corrected chi connectivity index (χ2v) is 7.25. The molecule has 0 fully saturated rings. The zero-order chi connectivity index (χ0) is 19.8. The molecule has 6 heteroatoms. The molecule has 28 heavy (non-hydrogen) atoms. The van der Waals surface area contributed by atoms with Crippen LogP contribution in [0.3, 0.4) is 0 Å². The Bertz CT molecular complexity index is 1110. The summed E-state index contributed by atoms with van der Waals surface area (Å²) >= 11 is 0. The predicted molar refractivity (Wildman–Crippen MR) is 105 cm³/mol. The minimum Gasteiger partial charge on any atom is -0.450 e. The highest BCUT2D eigenvalue weighted by molar-refractivity contribution is 5.99. The second-order valence-electron chi connectivity index (χ2n) is 7.25. The first kappa shape index (κ1) is 18.4. The topological polar surface area (TPSA) is 53.8 Å². The number of para-hydroxylation sites is 1. The zero-order valence-electron chi connectivity index (χ0n) is 15.8. The number of carbonyl (C=O) groups excluding carboxylic acids is 1. The number of fused-ring (bicyclic) bond motifs is 2. The van der Waals surface area contributed by atoms with Crippen molar-refractivity contribution in [3.8, 4) is 0 Å². The molecule has 0 saturated carbocycles. The van der Waals surface area contributed by atoms with Crippen LogP contribution in [0.4, 0.5) is 4.39 Å². The fourth-order valence-electron chi connectivity index (χ4n) is 3.78. The quantitative estimate of drug-likeness (QED) is 0.681. The van der Waals surface area contributed by atoms with Crippen LogP contribution in [0.1, 0.15) is 34.1 Å². The molecule has 144 valence electrons. The van der Waals surface area contributed by atoms with Crippen molar-refractivity contribution in [2.24, 2.45) is 0 Å². The van der Waals surface area contributed by atoms with Crippen LogP contribution in [-0.2, 0) is 0 Å². The molecular weight excluding hydrogens is 359 g/mol. The second kappa shape index (κ2) is 7.20. The van der Waals surface area contributed by atoms with Gasteiger partial charge in [-0.2, -0.15) is 0 Å². The molecule has 1 aliphatic rings. The molecule has 2 aromatic carbocycles. The van der Waals surface area contributed by atoms with Gasteiger partial charge in [0.1, 0.15) is 11.4 Å². The zero-order valence-corrected chi connectivity index (χ0v) is 15.8. The average molecular weight is 380 g/mol. The van der Waals surface area contributed by atoms with Crippen molar-refractivity contribution in [1.29, 1.82) is 0 Å². The van der Waals surface area contributed by atoms with Gasteiger partial charge in [0.05, 0.1) is 17.0 Å². The standard InChI is InChI=1S/C22H21FN2O3/c1-24(2)12-7-13-25-19(14-8-3-5-10-16(14)23)18-20(26)15-9-4-6-11-17(15)28-21(18)22(25)27/h3-6,8-11,19H,7,12-13H2,1-2H3/t19-/m0/s1. The summed E-state index contributed by atoms with van der Waals surface area (Å²) in [7, 11) is 3.90. The summed E-state index contributed by atoms with van der Waals surface area (Å²) in [4.78, 5) is 29.9. The third-order valence-corrected chi connectivity index (χ3v) is 5.08. The summed E-state index contributed by atoms with van der Waals surface area (Å²) in [5.41, 5.74) is 0.608. The molecule has 4 rings (SSSR count). The van der Waals surface area contributed by atoms with Gasteiger partial charge < -0.3 is 14.2 Å². The third-order valence-electron chi connectivity index (χ3n) is 5.08. The van der Waals surface area contributed by atoms with Crippen molar-refractivity contribution in [1.82, 2.24) is 9.80 Å². The highest BCUT2D eigenvalue weighted by atomic mass is 19.1. The SMILES string of the molecule is CN(C)CCCN1C(=O)c2oc3ccccc3c(=O)c2[C@@H]1c1ccccc1F. The Morgan fingerprint density at radius 1 is 1.07 bits per heavy atom. The summed E-state index contributed by atoms with van der Waals surface area (Å²) in [5.74, 6) is -0.801. The van der Waals surface area contributed by atoms with Crippen molar-refractivity contribution in [2.45, 2.75) is 12.5 Å². The van der Waals surface area contributed by atoms with E-state index in [9.17, 15) is 14.0 Å². The lowest BCUT2D eigenvalue weighted by atomic mass is 9.98. The van der Waals surface area contributed by atoms with Crippen LogP contribution in [0.15, 0.2) is 57.7 Å². The van der Waals surface area contributed by atoms with Crippen molar-refractivity contribution >= 4 is 16.9 Å². The Morgan fingerprint density at radius 3 is 2.54 bits per heavy atom. The van der Waals surface area contributed by atoms with Crippen molar-refractivity contribution < 1.29 is 13.6 Å². The molecule has 1 atom stereocenters. The van der Waals surface area contributed by atoms with Crippen LogP contribution >= 0.6 is 0 Å². The van der Waals surface area contributed by atoms with E-state index in [2.05, 4.69) is 0 Å². The third kappa shape index (κ3) is 2.99. The van der Waals surface area contributed by atoms with Gasteiger partial charge in [-0.15, -0.1) is 0 Å². The summed E-state index contributed by atoms with van der Waals surface area (Å²) in [6, 6.07) is 12.3. The molecule has 1 aromatic heterocycles. The first-order chi connectivity index (χ1) is 13.5. The molecule has 2 heterocycles. The van der Waals surface area contributed by atoms with E-state index < -0.39 is 11.9 Å². The number of rotatable bonds is 5. The van der Waals surface area contributed by atoms with E-state index in [4.69, 9.17) is 4.42 Å². The van der Waals surface area contributed by atoms with E-state index in [0.717, 1.165) is 6.54 Å². The van der Waals surface area contributed by atoms with E-state index in [1.54, 1.807) is 47.4 Å². The van der Waals surface area contributed by atoms with Gasteiger partial charge in [0, 0.05) is 12.1 Å². The Morgan fingerprint density at radius 2 is 1.79 bits per heavy atom. The minimum absolute atomic E-state index is 0.0156. The van der Waals surface area contributed by atoms with E-state index in [0.29, 0.717) is 29.5 Å². The van der Waals surface area contributed by atoms with Gasteiger partial charge in [-0.1, -0.05) is 30.3 Å². The molecule has 0 saturated heterocycles. The summed E-state index contributed by atoms with van der Waals surface area (Å²) in [6.45, 7) is 1.17. The smallest absolute Gasteiger partial charge is 0.290 e. The van der Waals surface area contributed by atoms with E-state index >= 15 is 0 Å². The number of nitrogens with zero attached hydrogens (tertiary/aromatic N) is 2. The molecule has 1 aliphatic heterocycles. The van der Waals surface area contributed by atoms with Gasteiger partial charge in [-0.3, -0.25) is 9.59 Å². The number of amides is 1. The lowest BCUT2D eigenvalue weighted by molar-refractivity contribution is 0.0720. The molecule has 3 aromatic rings. The minimum atomic E-state index is -0.785. The highest BCUT2D eigenvalue weighted by Gasteiger charge is 2.43. The summed E-state index contributed by atoms with van der Waals surface area (Å²) in [5, 5.41) is 0.394. The number of hydrogen-bond acceptors (Lipinski definition) is 4. The van der Waals surface area contributed by atoms with Crippen LogP contribution in [0, 0.1) is 5.82 Å². The maximum atomic E-state index is 14.7. The molecule has 0 bridgehead atoms. The van der Waals surface area contributed by atoms with E-state index in [-0.39, 0.29) is 22.7 Å². The van der Waals surface area contributed by atoms with Crippen LogP contribution in [0.2, 0.25) is 0 Å². The lowest BCUT2D eigenvalue weighted by Crippen LogP contribution is -2.32. The number of hydrogen-bond donors (Lipinski definition) is 0. The van der Waals surface area contributed by atoms with Crippen molar-refractivity contribution in [3.63, 3.8) is 0 Å². The number of carbonyl (C=O) groups is 1. The Labute approximate surface area is 162 Å². The fourth-order valence-corrected chi connectivity index (χ4v) is 3.78. The normalized spacial score (nSPS) is 16.2. The monoisotopic (exact) mass is 380 g/mol. The molecule has 1 amide bonds. The molecule has 0 radical (unpaired) electrons. The predicted octanol–water partition coefficient (Wildman–Crippen LogP) is 3.43. The van der Waals surface area contributed by atoms with Crippen LogP contribution in [-0.4, -0.2) is 42.9 Å². The first-order valence-electron chi connectivity index (χ1n) is 9.25.